The quantitative estimate of drug-likeness (QED) is 0.0638. The number of hydrogen-bond donors (Lipinski definition) is 3. The SMILES string of the molecule is CC(C)c1cc(=O)cc[nH]1.CC(C)c1cc(C#N)ccn1.CC(C)c1cc(N2CCN(CCO)CC2)ccn1.CC(C)c1cc(N2CCOCC2)ccn1.CC(C)c1ccc(C#N)cn1.CC(C)c1ccc(N2CCN(CCO)CC2)cn1.CC(C)c1ccc(N2CCOCC2)cn1.CC(C)c1cccnc1.CC(C)c1ccncc1.COc1cccc(C(C)C)n1.Cc1ccc(C(C)C)nc1. The summed E-state index contributed by atoms with van der Waals surface area (Å²) >= 11 is 0. The van der Waals surface area contributed by atoms with Gasteiger partial charge in [0, 0.05) is 234 Å². The maximum Gasteiger partial charge on any atom is 0.213 e. The number of aliphatic hydroxyl groups is 2. The molecule has 3 N–H and O–H groups in total. The van der Waals surface area contributed by atoms with Crippen molar-refractivity contribution in [2.75, 3.05) is 158 Å². The first-order valence-electron chi connectivity index (χ1n) is 49.0. The van der Waals surface area contributed by atoms with E-state index in [-0.39, 0.29) is 18.6 Å². The first-order valence-corrected chi connectivity index (χ1v) is 49.0. The highest BCUT2D eigenvalue weighted by atomic mass is 16.5. The van der Waals surface area contributed by atoms with Crippen molar-refractivity contribution < 1.29 is 24.4 Å². The number of methoxy groups -OCH3 is 1. The number of piperazine rings is 2. The normalized spacial score (nSPS) is 13.5. The number of aliphatic hydroxyl groups excluding tert-OH is 2. The zero-order valence-electron chi connectivity index (χ0n) is 86.8. The summed E-state index contributed by atoms with van der Waals surface area (Å²) in [6, 6.07) is 49.8. The average molecular weight is 1870 g/mol. The molecule has 0 unspecified atom stereocenters. The Bertz CT molecular complexity index is 5110. The number of nitriles is 2. The zero-order chi connectivity index (χ0) is 101. The second-order valence-electron chi connectivity index (χ2n) is 37.3. The Balaban J connectivity index is 0.000000268. The van der Waals surface area contributed by atoms with Gasteiger partial charge in [-0.25, -0.2) is 4.98 Å². The molecule has 740 valence electrons. The fourth-order valence-corrected chi connectivity index (χ4v) is 13.7. The molecule has 0 aliphatic carbocycles. The van der Waals surface area contributed by atoms with Crippen LogP contribution in [0.25, 0.3) is 0 Å². The van der Waals surface area contributed by atoms with Crippen molar-refractivity contribution in [3.63, 3.8) is 0 Å². The van der Waals surface area contributed by atoms with E-state index in [1.54, 1.807) is 50.1 Å². The molecule has 15 heterocycles. The molecule has 11 aromatic rings. The Kier molecular flexibility index (Phi) is 54.9. The molecule has 0 amide bonds. The minimum absolute atomic E-state index is 0.0717. The summed E-state index contributed by atoms with van der Waals surface area (Å²) in [7, 11) is 1.63. The van der Waals surface area contributed by atoms with Crippen LogP contribution in [0.15, 0.2) is 219 Å². The number of aromatic amines is 1. The molecule has 4 aliphatic heterocycles. The molecular weight excluding hydrogens is 1710 g/mol. The second-order valence-corrected chi connectivity index (χ2v) is 37.3. The van der Waals surface area contributed by atoms with Gasteiger partial charge in [0.2, 0.25) is 5.88 Å². The highest BCUT2D eigenvalue weighted by Gasteiger charge is 2.21. The van der Waals surface area contributed by atoms with E-state index >= 15 is 0 Å². The number of ether oxygens (including phenoxy) is 3. The standard InChI is InChI=1S/2C14H23N3O.2C12H18N2O.2C9H10N2.C9H13NO.C9H13N.C8H11NO.2C8H11N/c1-12(2)14-11-13(3-4-15-14)17-7-5-16(6-8-17)9-10-18;1-12(2)14-4-3-13(11-15-14)17-7-5-16(6-8-17)9-10-18;1-10(2)12-9-11(3-4-13-12)14-5-7-15-8-6-14;1-10(2)12-4-3-11(9-13-12)14-5-7-15-8-6-14;1-7(2)9-5-8(6-10)3-4-11-9;1-7(2)9-4-3-8(5-10)6-11-9;1-7(2)8-5-4-6-9(10-8)11-3;1-7(2)9-5-4-8(3)6-10-9;1-6(2)8-5-7(10)3-4-9-8;1-7(2)8-3-5-9-6-4-8;1-7(2)8-4-3-5-9-6-8/h2*3-4,11-12,18H,5-10H2,1-2H3;2*3-4,9-10H,5-8H2,1-2H3;3-5,7H,1-2H3;3-4,6-7H,1-2H3;4-7H,1-3H3;4-7H,1-3H3;3-6H,1-2H3,(H,9,10);2*3-7H,1-2H3. The molecule has 4 aliphatic rings. The van der Waals surface area contributed by atoms with Crippen LogP contribution in [0.1, 0.15) is 296 Å². The number of rotatable bonds is 20. The van der Waals surface area contributed by atoms with Gasteiger partial charge >= 0.3 is 0 Å². The number of H-pyrrole nitrogens is 1. The van der Waals surface area contributed by atoms with Crippen LogP contribution in [0.2, 0.25) is 0 Å². The number of morpholine rings is 2. The number of aryl methyl sites for hydroxylation is 1. The highest BCUT2D eigenvalue weighted by molar-refractivity contribution is 5.50. The average Bonchev–Trinajstić information content (AvgIpc) is 0.850. The van der Waals surface area contributed by atoms with Gasteiger partial charge in [-0.15, -0.1) is 0 Å². The van der Waals surface area contributed by atoms with Crippen LogP contribution in [0.3, 0.4) is 0 Å². The van der Waals surface area contributed by atoms with Gasteiger partial charge in [0.25, 0.3) is 0 Å². The molecule has 15 rings (SSSR count). The van der Waals surface area contributed by atoms with Crippen molar-refractivity contribution in [2.24, 2.45) is 0 Å². The third-order valence-corrected chi connectivity index (χ3v) is 22.7. The van der Waals surface area contributed by atoms with E-state index in [1.807, 2.05) is 118 Å². The summed E-state index contributed by atoms with van der Waals surface area (Å²) in [5.74, 6) is 6.09. The van der Waals surface area contributed by atoms with Crippen molar-refractivity contribution in [3.05, 3.63) is 303 Å². The van der Waals surface area contributed by atoms with Crippen LogP contribution in [-0.2, 0) is 9.47 Å². The van der Waals surface area contributed by atoms with Crippen LogP contribution in [0.5, 0.6) is 5.88 Å². The third-order valence-electron chi connectivity index (χ3n) is 22.7. The van der Waals surface area contributed by atoms with E-state index in [1.165, 1.54) is 56.9 Å². The van der Waals surface area contributed by atoms with Crippen LogP contribution >= 0.6 is 0 Å². The Hall–Kier alpha value is -11.8. The summed E-state index contributed by atoms with van der Waals surface area (Å²) in [6.07, 6.45) is 22.0. The number of anilines is 4. The van der Waals surface area contributed by atoms with Crippen LogP contribution < -0.4 is 29.8 Å². The first kappa shape index (κ1) is 116. The summed E-state index contributed by atoms with van der Waals surface area (Å²) in [4.78, 5) is 70.3. The van der Waals surface area contributed by atoms with Crippen LogP contribution in [0, 0.1) is 29.6 Å². The van der Waals surface area contributed by atoms with E-state index < -0.39 is 0 Å². The number of nitrogens with zero attached hydrogens (tertiary/aromatic N) is 18. The number of hydrogen-bond acceptors (Lipinski definition) is 24. The highest BCUT2D eigenvalue weighted by Crippen LogP contribution is 2.26. The van der Waals surface area contributed by atoms with Gasteiger partial charge in [0.05, 0.1) is 87.7 Å². The number of nitrogens with one attached hydrogen (secondary N) is 1. The molecule has 25 nitrogen and oxygen atoms in total. The Morgan fingerprint density at radius 3 is 1.12 bits per heavy atom. The zero-order valence-corrected chi connectivity index (χ0v) is 86.8. The maximum atomic E-state index is 10.8. The Morgan fingerprint density at radius 1 is 0.358 bits per heavy atom. The molecule has 4 saturated heterocycles. The molecule has 4 fully saturated rings. The van der Waals surface area contributed by atoms with Gasteiger partial charge < -0.3 is 49.0 Å². The predicted octanol–water partition coefficient (Wildman–Crippen LogP) is 21.5. The minimum Gasteiger partial charge on any atom is -0.481 e. The number of aromatic nitrogens is 11. The smallest absolute Gasteiger partial charge is 0.213 e. The Morgan fingerprint density at radius 2 is 0.774 bits per heavy atom. The van der Waals surface area contributed by atoms with Gasteiger partial charge in [-0.1, -0.05) is 171 Å². The molecular formula is C112H161N19O6. The van der Waals surface area contributed by atoms with Gasteiger partial charge in [-0.05, 0) is 192 Å². The van der Waals surface area contributed by atoms with Crippen molar-refractivity contribution >= 4 is 22.7 Å². The topological polar surface area (TPSA) is 297 Å². The lowest BCUT2D eigenvalue weighted by atomic mass is 10.1. The molecule has 0 bridgehead atoms. The minimum atomic E-state index is 0.0717. The van der Waals surface area contributed by atoms with Gasteiger partial charge in [-0.2, -0.15) is 10.5 Å². The monoisotopic (exact) mass is 1870 g/mol. The maximum absolute atomic E-state index is 10.8. The third kappa shape index (κ3) is 45.4. The number of β-amino-alcohol motifs (C(OH)–C–C–N with tert-alkyl or cyclic N) is 2. The summed E-state index contributed by atoms with van der Waals surface area (Å²) < 4.78 is 15.7. The lowest BCUT2D eigenvalue weighted by Crippen LogP contribution is -2.47. The molecule has 0 radical (unpaired) electrons. The van der Waals surface area contributed by atoms with Gasteiger partial charge in [-0.3, -0.25) is 59.5 Å². The predicted molar refractivity (Wildman–Crippen MR) is 563 cm³/mol. The lowest BCUT2D eigenvalue weighted by Gasteiger charge is -2.35. The van der Waals surface area contributed by atoms with E-state index in [2.05, 4.69) is 302 Å². The van der Waals surface area contributed by atoms with Crippen molar-refractivity contribution in [1.29, 1.82) is 10.5 Å². The second kappa shape index (κ2) is 65.1. The molecule has 0 spiro atoms. The molecule has 137 heavy (non-hydrogen) atoms. The largest absolute Gasteiger partial charge is 0.481 e. The fourth-order valence-electron chi connectivity index (χ4n) is 13.7. The first-order chi connectivity index (χ1) is 65.7. The fraction of sp³-hybridized carbons (Fsp3) is 0.491. The van der Waals surface area contributed by atoms with Crippen molar-refractivity contribution in [2.45, 2.75) is 224 Å². The van der Waals surface area contributed by atoms with E-state index in [9.17, 15) is 4.79 Å². The van der Waals surface area contributed by atoms with Gasteiger partial charge in [0.1, 0.15) is 6.07 Å². The summed E-state index contributed by atoms with van der Waals surface area (Å²) in [6.45, 7) is 66.5. The van der Waals surface area contributed by atoms with Crippen LogP contribution in [-0.4, -0.2) is 213 Å². The summed E-state index contributed by atoms with van der Waals surface area (Å²) in [5, 5.41) is 34.9. The molecule has 0 atom stereocenters. The van der Waals surface area contributed by atoms with Gasteiger partial charge in [0.15, 0.2) is 5.43 Å². The molecule has 25 heteroatoms. The Labute approximate surface area is 821 Å². The molecule has 11 aromatic heterocycles. The van der Waals surface area contributed by atoms with E-state index in [4.69, 9.17) is 34.9 Å². The van der Waals surface area contributed by atoms with Crippen molar-refractivity contribution in [3.8, 4) is 18.0 Å². The van der Waals surface area contributed by atoms with Crippen molar-refractivity contribution in [1.82, 2.24) is 64.6 Å². The molecule has 0 aromatic carbocycles. The van der Waals surface area contributed by atoms with Crippen LogP contribution in [0.4, 0.5) is 22.7 Å². The lowest BCUT2D eigenvalue weighted by molar-refractivity contribution is 0.122. The molecule has 0 saturated carbocycles. The van der Waals surface area contributed by atoms with E-state index in [0.717, 1.165) is 158 Å². The summed E-state index contributed by atoms with van der Waals surface area (Å²) in [5.41, 5.74) is 20.1. The number of pyridine rings is 11. The van der Waals surface area contributed by atoms with E-state index in [0.29, 0.717) is 82.1 Å².